The number of halogens is 5. The fourth-order valence-electron chi connectivity index (χ4n) is 1.86. The van der Waals surface area contributed by atoms with Crippen LogP contribution in [-0.2, 0) is 6.18 Å². The minimum atomic E-state index is -4.44. The Morgan fingerprint density at radius 3 is 2.04 bits per heavy atom. The fourth-order valence-corrected chi connectivity index (χ4v) is 2.12. The number of aryl methyl sites for hydroxylation is 1. The number of allylic oxidation sites excluding steroid dienone is 1. The van der Waals surface area contributed by atoms with Crippen molar-refractivity contribution in [2.24, 2.45) is 0 Å². The van der Waals surface area contributed by atoms with Crippen LogP contribution in [0.2, 0.25) is 5.02 Å². The summed E-state index contributed by atoms with van der Waals surface area (Å²) in [5.74, 6) is 0.398. The SMILES string of the molecule is C=C(C)Cl.CCN(CC)CCOc1cc(Cl)c(C(F)(F)F)cc1C.CCO. The number of benzene rings is 1. The second-order valence-electron chi connectivity index (χ2n) is 5.46. The molecule has 1 rings (SSSR count). The zero-order chi connectivity index (χ0) is 21.6. The molecule has 0 fully saturated rings. The summed E-state index contributed by atoms with van der Waals surface area (Å²) in [4.78, 5) is 2.17. The average molecular weight is 432 g/mol. The smallest absolute Gasteiger partial charge is 0.417 e. The highest BCUT2D eigenvalue weighted by Crippen LogP contribution is 2.38. The summed E-state index contributed by atoms with van der Waals surface area (Å²) in [6.45, 7) is 15.6. The first-order chi connectivity index (χ1) is 12.4. The van der Waals surface area contributed by atoms with Gasteiger partial charge in [-0.3, -0.25) is 0 Å². The molecule has 1 aromatic carbocycles. The van der Waals surface area contributed by atoms with Crippen LogP contribution in [0.4, 0.5) is 13.2 Å². The lowest BCUT2D eigenvalue weighted by Gasteiger charge is -2.19. The first kappa shape index (κ1) is 28.3. The highest BCUT2D eigenvalue weighted by molar-refractivity contribution is 6.31. The number of hydrogen-bond donors (Lipinski definition) is 1. The van der Waals surface area contributed by atoms with Crippen molar-refractivity contribution >= 4 is 23.2 Å². The molecule has 158 valence electrons. The van der Waals surface area contributed by atoms with Crippen molar-refractivity contribution < 1.29 is 23.0 Å². The number of aliphatic hydroxyl groups excluding tert-OH is 1. The normalized spacial score (nSPS) is 10.5. The third-order valence-electron chi connectivity index (χ3n) is 3.13. The van der Waals surface area contributed by atoms with E-state index in [4.69, 9.17) is 33.0 Å². The Labute approximate surface area is 170 Å². The summed E-state index contributed by atoms with van der Waals surface area (Å²) in [6, 6.07) is 2.26. The van der Waals surface area contributed by atoms with E-state index >= 15 is 0 Å². The molecular formula is C19H30Cl2F3NO2. The second-order valence-corrected chi connectivity index (χ2v) is 6.52. The van der Waals surface area contributed by atoms with Crippen molar-refractivity contribution in [3.8, 4) is 5.75 Å². The first-order valence-corrected chi connectivity index (χ1v) is 9.34. The molecule has 3 nitrogen and oxygen atoms in total. The lowest BCUT2D eigenvalue weighted by molar-refractivity contribution is -0.137. The van der Waals surface area contributed by atoms with Crippen LogP contribution in [0.15, 0.2) is 23.7 Å². The zero-order valence-corrected chi connectivity index (χ0v) is 18.1. The third-order valence-corrected chi connectivity index (χ3v) is 3.44. The predicted molar refractivity (Wildman–Crippen MR) is 108 cm³/mol. The van der Waals surface area contributed by atoms with E-state index in [9.17, 15) is 13.2 Å². The van der Waals surface area contributed by atoms with Gasteiger partial charge in [0.15, 0.2) is 0 Å². The molecule has 0 spiro atoms. The van der Waals surface area contributed by atoms with Crippen LogP contribution >= 0.6 is 23.2 Å². The molecule has 1 N–H and O–H groups in total. The minimum Gasteiger partial charge on any atom is -0.492 e. The second kappa shape index (κ2) is 15.0. The van der Waals surface area contributed by atoms with Crippen molar-refractivity contribution in [2.75, 3.05) is 32.8 Å². The Kier molecular flexibility index (Phi) is 15.7. The van der Waals surface area contributed by atoms with E-state index in [1.54, 1.807) is 20.8 Å². The highest BCUT2D eigenvalue weighted by atomic mass is 35.5. The Bertz CT molecular complexity index is 544. The molecule has 0 saturated heterocycles. The molecule has 0 heterocycles. The van der Waals surface area contributed by atoms with E-state index in [1.807, 2.05) is 13.8 Å². The molecule has 0 amide bonds. The van der Waals surface area contributed by atoms with E-state index in [2.05, 4.69) is 11.5 Å². The van der Waals surface area contributed by atoms with Crippen LogP contribution in [0.3, 0.4) is 0 Å². The molecule has 8 heteroatoms. The molecule has 0 saturated carbocycles. The fraction of sp³-hybridized carbons (Fsp3) is 0.579. The van der Waals surface area contributed by atoms with Gasteiger partial charge in [0.1, 0.15) is 12.4 Å². The van der Waals surface area contributed by atoms with Gasteiger partial charge in [0.2, 0.25) is 0 Å². The van der Waals surface area contributed by atoms with E-state index in [0.29, 0.717) is 23.0 Å². The summed E-state index contributed by atoms with van der Waals surface area (Å²) >= 11 is 10.8. The van der Waals surface area contributed by atoms with E-state index in [1.165, 1.54) is 6.07 Å². The summed E-state index contributed by atoms with van der Waals surface area (Å²) in [7, 11) is 0. The summed E-state index contributed by atoms with van der Waals surface area (Å²) < 4.78 is 43.6. The maximum absolute atomic E-state index is 12.7. The molecule has 1 aromatic rings. The molecular weight excluding hydrogens is 402 g/mol. The molecule has 0 radical (unpaired) electrons. The maximum Gasteiger partial charge on any atom is 0.417 e. The number of rotatable bonds is 6. The van der Waals surface area contributed by atoms with Crippen LogP contribution in [0.5, 0.6) is 5.75 Å². The maximum atomic E-state index is 12.7. The van der Waals surface area contributed by atoms with Crippen molar-refractivity contribution in [1.29, 1.82) is 0 Å². The molecule has 0 aliphatic heterocycles. The van der Waals surface area contributed by atoms with E-state index < -0.39 is 11.7 Å². The van der Waals surface area contributed by atoms with Crippen LogP contribution in [0.1, 0.15) is 38.8 Å². The minimum absolute atomic E-state index is 0.250. The number of ether oxygens (including phenoxy) is 1. The molecule has 0 unspecified atom stereocenters. The Hall–Kier alpha value is -0.950. The largest absolute Gasteiger partial charge is 0.492 e. The molecule has 0 aliphatic rings. The Morgan fingerprint density at radius 1 is 1.22 bits per heavy atom. The van der Waals surface area contributed by atoms with Gasteiger partial charge in [-0.2, -0.15) is 13.2 Å². The van der Waals surface area contributed by atoms with Gasteiger partial charge in [-0.15, -0.1) is 0 Å². The van der Waals surface area contributed by atoms with Gasteiger partial charge in [-0.05, 0) is 51.6 Å². The van der Waals surface area contributed by atoms with Crippen molar-refractivity contribution in [3.63, 3.8) is 0 Å². The van der Waals surface area contributed by atoms with E-state index in [-0.39, 0.29) is 11.6 Å². The Morgan fingerprint density at radius 2 is 1.67 bits per heavy atom. The van der Waals surface area contributed by atoms with E-state index in [0.717, 1.165) is 25.7 Å². The van der Waals surface area contributed by atoms with Gasteiger partial charge < -0.3 is 14.7 Å². The molecule has 0 bridgehead atoms. The highest BCUT2D eigenvalue weighted by Gasteiger charge is 2.33. The lowest BCUT2D eigenvalue weighted by Crippen LogP contribution is -2.28. The van der Waals surface area contributed by atoms with Crippen LogP contribution in [-0.4, -0.2) is 42.9 Å². The summed E-state index contributed by atoms with van der Waals surface area (Å²) in [5.41, 5.74) is -0.394. The lowest BCUT2D eigenvalue weighted by atomic mass is 10.1. The molecule has 0 aromatic heterocycles. The predicted octanol–water partition coefficient (Wildman–Crippen LogP) is 6.15. The standard InChI is InChI=1S/C14H19ClF3NO.C3H5Cl.C2H6O/c1-4-19(5-2)6-7-20-13-9-12(15)11(8-10(13)3)14(16,17)18;1-3(2)4;1-2-3/h8-9H,4-7H2,1-3H3;1H2,2H3;3H,2H2,1H3. The number of hydrogen-bond acceptors (Lipinski definition) is 3. The Balaban J connectivity index is 0. The van der Waals surface area contributed by atoms with Gasteiger partial charge in [0.25, 0.3) is 0 Å². The van der Waals surface area contributed by atoms with Crippen LogP contribution in [0.25, 0.3) is 0 Å². The van der Waals surface area contributed by atoms with Gasteiger partial charge >= 0.3 is 6.18 Å². The third kappa shape index (κ3) is 13.8. The molecule has 27 heavy (non-hydrogen) atoms. The van der Waals surface area contributed by atoms with Gasteiger partial charge in [-0.25, -0.2) is 0 Å². The van der Waals surface area contributed by atoms with Crippen molar-refractivity contribution in [1.82, 2.24) is 4.90 Å². The number of alkyl halides is 3. The summed E-state index contributed by atoms with van der Waals surface area (Å²) in [5, 5.41) is 7.88. The molecule has 0 aliphatic carbocycles. The first-order valence-electron chi connectivity index (χ1n) is 8.58. The van der Waals surface area contributed by atoms with Crippen LogP contribution in [0, 0.1) is 6.92 Å². The van der Waals surface area contributed by atoms with Gasteiger partial charge in [0.05, 0.1) is 10.6 Å². The topological polar surface area (TPSA) is 32.7 Å². The molecule has 0 atom stereocenters. The van der Waals surface area contributed by atoms with Gasteiger partial charge in [0, 0.05) is 18.2 Å². The number of nitrogens with zero attached hydrogens (tertiary/aromatic N) is 1. The average Bonchev–Trinajstić information content (AvgIpc) is 2.53. The number of aliphatic hydroxyl groups is 1. The van der Waals surface area contributed by atoms with Crippen molar-refractivity contribution in [3.05, 3.63) is 39.9 Å². The van der Waals surface area contributed by atoms with Gasteiger partial charge in [-0.1, -0.05) is 43.6 Å². The quantitative estimate of drug-likeness (QED) is 0.586. The summed E-state index contributed by atoms with van der Waals surface area (Å²) in [6.07, 6.45) is -4.44. The van der Waals surface area contributed by atoms with Crippen LogP contribution < -0.4 is 4.74 Å². The zero-order valence-electron chi connectivity index (χ0n) is 16.6. The number of likely N-dealkylation sites (N-methyl/N-ethyl adjacent to an activating group) is 1. The van der Waals surface area contributed by atoms with Crippen molar-refractivity contribution in [2.45, 2.75) is 40.8 Å². The monoisotopic (exact) mass is 431 g/mol.